The number of likely N-dealkylation sites (tertiary alicyclic amines) is 1. The Balaban J connectivity index is 1.50. The van der Waals surface area contributed by atoms with Gasteiger partial charge < -0.3 is 9.84 Å². The Kier molecular flexibility index (Phi) is 10.2. The molecule has 0 bridgehead atoms. The lowest BCUT2D eigenvalue weighted by atomic mass is 9.89. The molecule has 1 atom stereocenters. The zero-order valence-corrected chi connectivity index (χ0v) is 22.5. The van der Waals surface area contributed by atoms with Crippen LogP contribution in [-0.4, -0.2) is 35.7 Å². The average molecular weight is 480 g/mol. The number of hydrogen-bond donors (Lipinski definition) is 1. The first-order valence-electron chi connectivity index (χ1n) is 13.5. The fourth-order valence-corrected chi connectivity index (χ4v) is 5.31. The number of carboxylic acids is 1. The maximum Gasteiger partial charge on any atom is 0.309 e. The molecule has 1 fully saturated rings. The fraction of sp³-hybridized carbons (Fsp3) is 0.581. The minimum absolute atomic E-state index is 0.208. The number of carbonyl (C=O) groups is 1. The lowest BCUT2D eigenvalue weighted by Gasteiger charge is -2.36. The van der Waals surface area contributed by atoms with Crippen LogP contribution in [0, 0.1) is 39.5 Å². The molecular formula is C31H45NO3. The van der Waals surface area contributed by atoms with Crippen molar-refractivity contribution in [2.45, 2.75) is 86.1 Å². The Labute approximate surface area is 212 Å². The summed E-state index contributed by atoms with van der Waals surface area (Å²) in [6, 6.07) is 11.3. The van der Waals surface area contributed by atoms with Gasteiger partial charge in [0, 0.05) is 19.6 Å². The van der Waals surface area contributed by atoms with Crippen molar-refractivity contribution < 1.29 is 14.6 Å². The molecule has 0 saturated carbocycles. The molecule has 35 heavy (non-hydrogen) atoms. The van der Waals surface area contributed by atoms with E-state index in [0.717, 1.165) is 31.7 Å². The lowest BCUT2D eigenvalue weighted by molar-refractivity contribution is -0.147. The maximum atomic E-state index is 11.0. The van der Waals surface area contributed by atoms with Crippen molar-refractivity contribution in [3.05, 3.63) is 63.7 Å². The minimum Gasteiger partial charge on any atom is -0.493 e. The highest BCUT2D eigenvalue weighted by Gasteiger charge is 2.32. The van der Waals surface area contributed by atoms with Crippen LogP contribution in [0.2, 0.25) is 0 Å². The molecule has 1 unspecified atom stereocenters. The molecule has 0 aliphatic carbocycles. The first-order chi connectivity index (χ1) is 16.8. The number of nitrogens with zero attached hydrogens (tertiary/aromatic N) is 1. The van der Waals surface area contributed by atoms with Crippen LogP contribution in [0.25, 0.3) is 0 Å². The largest absolute Gasteiger partial charge is 0.493 e. The molecule has 0 aromatic heterocycles. The number of aryl methyl sites for hydroxylation is 4. The summed E-state index contributed by atoms with van der Waals surface area (Å²) in [6.07, 6.45) is 8.64. The fourth-order valence-electron chi connectivity index (χ4n) is 5.31. The van der Waals surface area contributed by atoms with Gasteiger partial charge in [-0.2, -0.15) is 0 Å². The molecule has 0 amide bonds. The third kappa shape index (κ3) is 8.10. The monoisotopic (exact) mass is 479 g/mol. The molecule has 4 heteroatoms. The van der Waals surface area contributed by atoms with Crippen LogP contribution < -0.4 is 4.74 Å². The van der Waals surface area contributed by atoms with Crippen molar-refractivity contribution in [3.8, 4) is 5.75 Å². The zero-order chi connectivity index (χ0) is 25.4. The second-order valence-corrected chi connectivity index (χ2v) is 10.8. The second-order valence-electron chi connectivity index (χ2n) is 10.8. The van der Waals surface area contributed by atoms with Crippen LogP contribution in [0.1, 0.15) is 78.8 Å². The molecule has 2 aromatic carbocycles. The summed E-state index contributed by atoms with van der Waals surface area (Å²) in [7, 11) is 0. The summed E-state index contributed by atoms with van der Waals surface area (Å²) in [4.78, 5) is 13.2. The van der Waals surface area contributed by atoms with Gasteiger partial charge in [0.05, 0.1) is 12.5 Å². The van der Waals surface area contributed by atoms with Gasteiger partial charge in [0.1, 0.15) is 5.75 Å². The summed E-state index contributed by atoms with van der Waals surface area (Å²) >= 11 is 0. The van der Waals surface area contributed by atoms with Crippen molar-refractivity contribution in [2.75, 3.05) is 19.7 Å². The average Bonchev–Trinajstić information content (AvgIpc) is 2.77. The number of ether oxygens (including phenoxy) is 1. The van der Waals surface area contributed by atoms with E-state index in [2.05, 4.69) is 69.9 Å². The summed E-state index contributed by atoms with van der Waals surface area (Å²) in [5.41, 5.74) is 7.81. The molecule has 1 aliphatic heterocycles. The molecule has 192 valence electrons. The van der Waals surface area contributed by atoms with Crippen LogP contribution >= 0.6 is 0 Å². The van der Waals surface area contributed by atoms with Crippen LogP contribution in [0.5, 0.6) is 5.75 Å². The molecule has 1 saturated heterocycles. The smallest absolute Gasteiger partial charge is 0.309 e. The van der Waals surface area contributed by atoms with Gasteiger partial charge >= 0.3 is 5.97 Å². The third-order valence-corrected chi connectivity index (χ3v) is 7.55. The lowest BCUT2D eigenvalue weighted by Crippen LogP contribution is -2.49. The molecule has 0 radical (unpaired) electrons. The molecular weight excluding hydrogens is 434 g/mol. The van der Waals surface area contributed by atoms with Crippen molar-refractivity contribution in [1.29, 1.82) is 0 Å². The Hall–Kier alpha value is -2.33. The molecule has 1 N–H and O–H groups in total. The van der Waals surface area contributed by atoms with E-state index in [1.54, 1.807) is 0 Å². The minimum atomic E-state index is -0.682. The highest BCUT2D eigenvalue weighted by Crippen LogP contribution is 2.28. The van der Waals surface area contributed by atoms with Crippen LogP contribution in [0.4, 0.5) is 0 Å². The molecule has 3 rings (SSSR count). The molecule has 1 aliphatic rings. The van der Waals surface area contributed by atoms with Gasteiger partial charge in [-0.3, -0.25) is 9.69 Å². The summed E-state index contributed by atoms with van der Waals surface area (Å²) in [5.74, 6) is 0.833. The summed E-state index contributed by atoms with van der Waals surface area (Å²) < 4.78 is 6.29. The van der Waals surface area contributed by atoms with Crippen LogP contribution in [-0.2, 0) is 17.8 Å². The Morgan fingerprint density at radius 2 is 1.60 bits per heavy atom. The van der Waals surface area contributed by atoms with E-state index < -0.39 is 5.97 Å². The van der Waals surface area contributed by atoms with E-state index in [1.807, 2.05) is 0 Å². The standard InChI is InChI=1S/C31H45NO3/c1-6-7-8-10-26(18-27-13-12-22(2)23(3)15-27)11-9-14-35-30-24(4)16-28(17-25(30)5)19-32-20-29(21-32)31(33)34/h12-13,15-17,26,29H,6-11,14,18-21H2,1-5H3,(H,33,34). The van der Waals surface area contributed by atoms with Gasteiger partial charge in [0.2, 0.25) is 0 Å². The number of carboxylic acid groups (broad SMARTS) is 1. The highest BCUT2D eigenvalue weighted by molar-refractivity contribution is 5.71. The number of aliphatic carboxylic acids is 1. The third-order valence-electron chi connectivity index (χ3n) is 7.55. The van der Waals surface area contributed by atoms with E-state index >= 15 is 0 Å². The van der Waals surface area contributed by atoms with Gasteiger partial charge in [0.15, 0.2) is 0 Å². The van der Waals surface area contributed by atoms with E-state index in [4.69, 9.17) is 9.84 Å². The van der Waals surface area contributed by atoms with Crippen LogP contribution in [0.15, 0.2) is 30.3 Å². The Morgan fingerprint density at radius 1 is 0.943 bits per heavy atom. The van der Waals surface area contributed by atoms with Crippen LogP contribution in [0.3, 0.4) is 0 Å². The van der Waals surface area contributed by atoms with E-state index in [-0.39, 0.29) is 5.92 Å². The van der Waals surface area contributed by atoms with Gasteiger partial charge in [0.25, 0.3) is 0 Å². The molecule has 1 heterocycles. The van der Waals surface area contributed by atoms with Gasteiger partial charge in [-0.15, -0.1) is 0 Å². The normalized spacial score (nSPS) is 15.1. The highest BCUT2D eigenvalue weighted by atomic mass is 16.5. The van der Waals surface area contributed by atoms with Crippen molar-refractivity contribution >= 4 is 5.97 Å². The number of rotatable bonds is 14. The second kappa shape index (κ2) is 13.1. The first-order valence-corrected chi connectivity index (χ1v) is 13.5. The summed E-state index contributed by atoms with van der Waals surface area (Å²) in [6.45, 7) is 13.8. The Morgan fingerprint density at radius 3 is 2.23 bits per heavy atom. The Bertz CT molecular complexity index is 954. The number of benzene rings is 2. The topological polar surface area (TPSA) is 49.8 Å². The van der Waals surface area contributed by atoms with Crippen molar-refractivity contribution in [2.24, 2.45) is 11.8 Å². The number of hydrogen-bond acceptors (Lipinski definition) is 3. The van der Waals surface area contributed by atoms with E-state index in [0.29, 0.717) is 19.0 Å². The first kappa shape index (κ1) is 27.3. The quantitative estimate of drug-likeness (QED) is 0.295. The molecule has 4 nitrogen and oxygen atoms in total. The van der Waals surface area contributed by atoms with Gasteiger partial charge in [-0.25, -0.2) is 0 Å². The predicted molar refractivity (Wildman–Crippen MR) is 144 cm³/mol. The van der Waals surface area contributed by atoms with E-state index in [9.17, 15) is 4.79 Å². The van der Waals surface area contributed by atoms with Gasteiger partial charge in [-0.05, 0) is 86.3 Å². The SMILES string of the molecule is CCCCCC(CCCOc1c(C)cc(CN2CC(C(=O)O)C2)cc1C)Cc1ccc(C)c(C)c1. The number of unbranched alkanes of at least 4 members (excludes halogenated alkanes) is 2. The van der Waals surface area contributed by atoms with Crippen molar-refractivity contribution in [3.63, 3.8) is 0 Å². The maximum absolute atomic E-state index is 11.0. The zero-order valence-electron chi connectivity index (χ0n) is 22.5. The summed E-state index contributed by atoms with van der Waals surface area (Å²) in [5, 5.41) is 9.08. The molecule has 0 spiro atoms. The molecule has 2 aromatic rings. The van der Waals surface area contributed by atoms with E-state index in [1.165, 1.54) is 65.5 Å². The van der Waals surface area contributed by atoms with Crippen molar-refractivity contribution in [1.82, 2.24) is 4.90 Å². The predicted octanol–water partition coefficient (Wildman–Crippen LogP) is 7.03. The van der Waals surface area contributed by atoms with Gasteiger partial charge in [-0.1, -0.05) is 62.9 Å².